The third-order valence-electron chi connectivity index (χ3n) is 3.55. The van der Waals surface area contributed by atoms with E-state index >= 15 is 0 Å². The smallest absolute Gasteiger partial charge is 0.252 e. The number of carbonyl (C=O) groups is 2. The summed E-state index contributed by atoms with van der Waals surface area (Å²) >= 11 is 0. The summed E-state index contributed by atoms with van der Waals surface area (Å²) in [6, 6.07) is 0. The summed E-state index contributed by atoms with van der Waals surface area (Å²) in [6.45, 7) is 8.12. The minimum Gasteiger partial charge on any atom is -0.368 e. The molecule has 1 atom stereocenters. The van der Waals surface area contributed by atoms with Crippen molar-refractivity contribution in [1.82, 2.24) is 9.80 Å². The van der Waals surface area contributed by atoms with Gasteiger partial charge in [0, 0.05) is 25.2 Å². The van der Waals surface area contributed by atoms with Gasteiger partial charge in [0.05, 0.1) is 6.54 Å². The van der Waals surface area contributed by atoms with Crippen molar-refractivity contribution < 1.29 is 14.3 Å². The average molecular weight is 254 g/mol. The summed E-state index contributed by atoms with van der Waals surface area (Å²) in [5.41, 5.74) is -0.171. The number of carbonyl (C=O) groups excluding carboxylic acids is 2. The van der Waals surface area contributed by atoms with Crippen LogP contribution in [0.4, 0.5) is 0 Å². The quantitative estimate of drug-likeness (QED) is 0.690. The van der Waals surface area contributed by atoms with Gasteiger partial charge in [-0.25, -0.2) is 0 Å². The highest BCUT2D eigenvalue weighted by molar-refractivity contribution is 5.88. The summed E-state index contributed by atoms with van der Waals surface area (Å²) < 4.78 is 5.38. The van der Waals surface area contributed by atoms with Crippen LogP contribution in [0, 0.1) is 0 Å². The van der Waals surface area contributed by atoms with E-state index in [9.17, 15) is 9.59 Å². The van der Waals surface area contributed by atoms with E-state index in [4.69, 9.17) is 4.74 Å². The first-order valence-corrected chi connectivity index (χ1v) is 6.60. The van der Waals surface area contributed by atoms with E-state index in [0.29, 0.717) is 19.7 Å². The van der Waals surface area contributed by atoms with Gasteiger partial charge in [-0.3, -0.25) is 9.59 Å². The fourth-order valence-electron chi connectivity index (χ4n) is 2.55. The van der Waals surface area contributed by atoms with E-state index < -0.39 is 0 Å². The minimum absolute atomic E-state index is 0.0191. The van der Waals surface area contributed by atoms with Crippen LogP contribution in [-0.2, 0) is 14.3 Å². The maximum Gasteiger partial charge on any atom is 0.252 e. The van der Waals surface area contributed by atoms with Gasteiger partial charge in [0.25, 0.3) is 5.91 Å². The number of piperazine rings is 1. The molecule has 0 aromatic carbocycles. The van der Waals surface area contributed by atoms with Crippen LogP contribution in [0.25, 0.3) is 0 Å². The molecule has 2 heterocycles. The van der Waals surface area contributed by atoms with Crippen LogP contribution in [0.15, 0.2) is 0 Å². The predicted molar refractivity (Wildman–Crippen MR) is 67.0 cm³/mol. The molecule has 0 radical (unpaired) electrons. The Labute approximate surface area is 108 Å². The van der Waals surface area contributed by atoms with Crippen LogP contribution in [0.3, 0.4) is 0 Å². The van der Waals surface area contributed by atoms with E-state index in [0.717, 1.165) is 12.8 Å². The van der Waals surface area contributed by atoms with E-state index in [1.807, 2.05) is 25.7 Å². The summed E-state index contributed by atoms with van der Waals surface area (Å²) in [5.74, 6) is 0.00880. The molecule has 2 aliphatic heterocycles. The van der Waals surface area contributed by atoms with Crippen molar-refractivity contribution in [2.45, 2.75) is 45.3 Å². The number of nitrogens with zero attached hydrogens (tertiary/aromatic N) is 2. The van der Waals surface area contributed by atoms with E-state index in [2.05, 4.69) is 0 Å². The lowest BCUT2D eigenvalue weighted by molar-refractivity contribution is -0.153. The third kappa shape index (κ3) is 2.66. The number of ether oxygens (including phenoxy) is 1. The standard InChI is InChI=1S/C13H22N2O3/c1-13(2,3)15-7-6-14(9-11(15)16)12(17)10-5-4-8-18-10/h10H,4-9H2,1-3H3. The van der Waals surface area contributed by atoms with Crippen molar-refractivity contribution in [3.8, 4) is 0 Å². The van der Waals surface area contributed by atoms with Crippen LogP contribution in [0.1, 0.15) is 33.6 Å². The Morgan fingerprint density at radius 3 is 2.56 bits per heavy atom. The summed E-state index contributed by atoms with van der Waals surface area (Å²) in [5, 5.41) is 0. The van der Waals surface area contributed by atoms with Gasteiger partial charge in [-0.1, -0.05) is 0 Å². The SMILES string of the molecule is CC(C)(C)N1CCN(C(=O)C2CCCO2)CC1=O. The first kappa shape index (κ1) is 13.3. The van der Waals surface area contributed by atoms with Gasteiger partial charge in [0.2, 0.25) is 5.91 Å². The average Bonchev–Trinajstić information content (AvgIpc) is 2.79. The van der Waals surface area contributed by atoms with Crippen molar-refractivity contribution in [2.75, 3.05) is 26.2 Å². The first-order chi connectivity index (χ1) is 8.39. The maximum absolute atomic E-state index is 12.1. The lowest BCUT2D eigenvalue weighted by atomic mass is 10.0. The summed E-state index contributed by atoms with van der Waals surface area (Å²) in [7, 11) is 0. The van der Waals surface area contributed by atoms with E-state index in [1.165, 1.54) is 0 Å². The number of hydrogen-bond donors (Lipinski definition) is 0. The third-order valence-corrected chi connectivity index (χ3v) is 3.55. The molecule has 18 heavy (non-hydrogen) atoms. The van der Waals surface area contributed by atoms with Crippen LogP contribution in [-0.4, -0.2) is 59.5 Å². The molecule has 2 rings (SSSR count). The Bertz CT molecular complexity index is 343. The van der Waals surface area contributed by atoms with Crippen LogP contribution >= 0.6 is 0 Å². The molecule has 0 aromatic heterocycles. The Kier molecular flexibility index (Phi) is 3.61. The molecule has 2 fully saturated rings. The minimum atomic E-state index is -0.320. The van der Waals surface area contributed by atoms with Gasteiger partial charge in [0.15, 0.2) is 0 Å². The summed E-state index contributed by atoms with van der Waals surface area (Å²) in [6.07, 6.45) is 1.40. The number of amides is 2. The zero-order valence-corrected chi connectivity index (χ0v) is 11.4. The highest BCUT2D eigenvalue weighted by Crippen LogP contribution is 2.20. The molecule has 2 saturated heterocycles. The lowest BCUT2D eigenvalue weighted by Crippen LogP contribution is -2.59. The molecule has 0 aliphatic carbocycles. The van der Waals surface area contributed by atoms with Crippen molar-refractivity contribution in [1.29, 1.82) is 0 Å². The molecule has 2 aliphatic rings. The Hall–Kier alpha value is -1.10. The van der Waals surface area contributed by atoms with Gasteiger partial charge in [-0.15, -0.1) is 0 Å². The molecule has 0 saturated carbocycles. The second-order valence-corrected chi connectivity index (χ2v) is 5.98. The molecule has 5 heteroatoms. The highest BCUT2D eigenvalue weighted by Gasteiger charge is 2.36. The predicted octanol–water partition coefficient (Wildman–Crippen LogP) is 0.635. The second-order valence-electron chi connectivity index (χ2n) is 5.98. The van der Waals surface area contributed by atoms with Crippen molar-refractivity contribution in [3.05, 3.63) is 0 Å². The number of rotatable bonds is 1. The van der Waals surface area contributed by atoms with Crippen molar-refractivity contribution >= 4 is 11.8 Å². The molecule has 2 amide bonds. The largest absolute Gasteiger partial charge is 0.368 e. The van der Waals surface area contributed by atoms with Gasteiger partial charge < -0.3 is 14.5 Å². The van der Waals surface area contributed by atoms with Crippen LogP contribution in [0.2, 0.25) is 0 Å². The fraction of sp³-hybridized carbons (Fsp3) is 0.846. The topological polar surface area (TPSA) is 49.9 Å². The Morgan fingerprint density at radius 2 is 2.06 bits per heavy atom. The molecule has 5 nitrogen and oxygen atoms in total. The van der Waals surface area contributed by atoms with Gasteiger partial charge in [-0.05, 0) is 33.6 Å². The van der Waals surface area contributed by atoms with E-state index in [1.54, 1.807) is 4.90 Å². The maximum atomic E-state index is 12.1. The molecule has 0 bridgehead atoms. The summed E-state index contributed by atoms with van der Waals surface area (Å²) in [4.78, 5) is 27.7. The second kappa shape index (κ2) is 4.88. The molecule has 0 aromatic rings. The van der Waals surface area contributed by atoms with Crippen molar-refractivity contribution in [2.24, 2.45) is 0 Å². The van der Waals surface area contributed by atoms with Gasteiger partial charge in [0.1, 0.15) is 6.10 Å². The van der Waals surface area contributed by atoms with Gasteiger partial charge >= 0.3 is 0 Å². The Morgan fingerprint density at radius 1 is 1.33 bits per heavy atom. The molecule has 102 valence electrons. The van der Waals surface area contributed by atoms with Gasteiger partial charge in [-0.2, -0.15) is 0 Å². The van der Waals surface area contributed by atoms with E-state index in [-0.39, 0.29) is 30.0 Å². The fourth-order valence-corrected chi connectivity index (χ4v) is 2.55. The zero-order chi connectivity index (χ0) is 13.3. The normalized spacial score (nSPS) is 25.7. The van der Waals surface area contributed by atoms with Crippen molar-refractivity contribution in [3.63, 3.8) is 0 Å². The molecular formula is C13H22N2O3. The number of hydrogen-bond acceptors (Lipinski definition) is 3. The molecular weight excluding hydrogens is 232 g/mol. The Balaban J connectivity index is 1.95. The molecule has 0 N–H and O–H groups in total. The van der Waals surface area contributed by atoms with Crippen LogP contribution in [0.5, 0.6) is 0 Å². The highest BCUT2D eigenvalue weighted by atomic mass is 16.5. The lowest BCUT2D eigenvalue weighted by Gasteiger charge is -2.42. The van der Waals surface area contributed by atoms with Crippen LogP contribution < -0.4 is 0 Å². The first-order valence-electron chi connectivity index (χ1n) is 6.60. The molecule has 1 unspecified atom stereocenters. The monoisotopic (exact) mass is 254 g/mol. The molecule has 0 spiro atoms. The zero-order valence-electron chi connectivity index (χ0n) is 11.4.